The SMILES string of the molecule is CCCCS(=O)(=O)N[C@@H]1CCC[C@H]1C(N)=O. The first-order chi connectivity index (χ1) is 7.46. The van der Waals surface area contributed by atoms with Gasteiger partial charge in [0.05, 0.1) is 11.7 Å². The van der Waals surface area contributed by atoms with E-state index in [0.29, 0.717) is 19.3 Å². The normalized spacial score (nSPS) is 25.8. The molecule has 94 valence electrons. The van der Waals surface area contributed by atoms with Crippen molar-refractivity contribution in [2.24, 2.45) is 11.7 Å². The van der Waals surface area contributed by atoms with Gasteiger partial charge in [0.15, 0.2) is 0 Å². The summed E-state index contributed by atoms with van der Waals surface area (Å²) in [6.45, 7) is 1.94. The Balaban J connectivity index is 2.56. The molecule has 1 rings (SSSR count). The highest BCUT2D eigenvalue weighted by Gasteiger charge is 2.33. The monoisotopic (exact) mass is 248 g/mol. The fraction of sp³-hybridized carbons (Fsp3) is 0.900. The number of sulfonamides is 1. The van der Waals surface area contributed by atoms with Gasteiger partial charge in [-0.25, -0.2) is 13.1 Å². The molecular weight excluding hydrogens is 228 g/mol. The molecule has 0 aliphatic heterocycles. The molecule has 1 saturated carbocycles. The Labute approximate surface area is 96.8 Å². The molecule has 16 heavy (non-hydrogen) atoms. The maximum atomic E-state index is 11.7. The zero-order valence-electron chi connectivity index (χ0n) is 9.61. The Morgan fingerprint density at radius 2 is 2.12 bits per heavy atom. The minimum atomic E-state index is -3.25. The quantitative estimate of drug-likeness (QED) is 0.711. The predicted octanol–water partition coefficient (Wildman–Crippen LogP) is 0.360. The Morgan fingerprint density at radius 1 is 1.44 bits per heavy atom. The number of nitrogens with two attached hydrogens (primary N) is 1. The zero-order valence-corrected chi connectivity index (χ0v) is 10.4. The molecule has 0 radical (unpaired) electrons. The first-order valence-electron chi connectivity index (χ1n) is 5.75. The highest BCUT2D eigenvalue weighted by atomic mass is 32.2. The molecule has 2 atom stereocenters. The molecule has 1 fully saturated rings. The van der Waals surface area contributed by atoms with Gasteiger partial charge in [-0.1, -0.05) is 19.8 Å². The number of carbonyl (C=O) groups excluding carboxylic acids is 1. The summed E-state index contributed by atoms with van der Waals surface area (Å²) in [5.74, 6) is -0.608. The molecule has 0 bridgehead atoms. The van der Waals surface area contributed by atoms with E-state index in [0.717, 1.165) is 12.8 Å². The summed E-state index contributed by atoms with van der Waals surface area (Å²) >= 11 is 0. The fourth-order valence-electron chi connectivity index (χ4n) is 2.07. The summed E-state index contributed by atoms with van der Waals surface area (Å²) in [5.41, 5.74) is 5.23. The molecule has 3 N–H and O–H groups in total. The summed E-state index contributed by atoms with van der Waals surface area (Å²) < 4.78 is 25.9. The van der Waals surface area contributed by atoms with Gasteiger partial charge >= 0.3 is 0 Å². The predicted molar refractivity (Wildman–Crippen MR) is 62.2 cm³/mol. The number of unbranched alkanes of at least 4 members (excludes halogenated alkanes) is 1. The van der Waals surface area contributed by atoms with Crippen LogP contribution in [0.5, 0.6) is 0 Å². The molecule has 1 aliphatic rings. The first-order valence-corrected chi connectivity index (χ1v) is 7.41. The van der Waals surface area contributed by atoms with Gasteiger partial charge in [-0.05, 0) is 19.3 Å². The molecule has 0 unspecified atom stereocenters. The Morgan fingerprint density at radius 3 is 2.69 bits per heavy atom. The average molecular weight is 248 g/mol. The minimum absolute atomic E-state index is 0.130. The van der Waals surface area contributed by atoms with Crippen molar-refractivity contribution in [2.45, 2.75) is 45.1 Å². The Bertz CT molecular complexity index is 340. The third kappa shape index (κ3) is 3.75. The Hall–Kier alpha value is -0.620. The fourth-order valence-corrected chi connectivity index (χ4v) is 3.60. The third-order valence-corrected chi connectivity index (χ3v) is 4.47. The van der Waals surface area contributed by atoms with E-state index in [-0.39, 0.29) is 17.7 Å². The lowest BCUT2D eigenvalue weighted by molar-refractivity contribution is -0.122. The molecule has 6 heteroatoms. The van der Waals surface area contributed by atoms with Crippen molar-refractivity contribution in [3.8, 4) is 0 Å². The van der Waals surface area contributed by atoms with Gasteiger partial charge in [-0.3, -0.25) is 4.79 Å². The summed E-state index contributed by atoms with van der Waals surface area (Å²) in [5, 5.41) is 0. The van der Waals surface area contributed by atoms with Gasteiger partial charge in [0.2, 0.25) is 15.9 Å². The second-order valence-electron chi connectivity index (χ2n) is 4.34. The molecule has 1 amide bonds. The average Bonchev–Trinajstić information content (AvgIpc) is 2.62. The van der Waals surface area contributed by atoms with Crippen molar-refractivity contribution in [3.05, 3.63) is 0 Å². The van der Waals surface area contributed by atoms with Gasteiger partial charge in [0.1, 0.15) is 0 Å². The number of nitrogens with one attached hydrogen (secondary N) is 1. The standard InChI is InChI=1S/C10H20N2O3S/c1-2-3-7-16(14,15)12-9-6-4-5-8(9)10(11)13/h8-9,12H,2-7H2,1H3,(H2,11,13)/t8-,9-/m1/s1. The van der Waals surface area contributed by atoms with Crippen LogP contribution in [-0.2, 0) is 14.8 Å². The van der Waals surface area contributed by atoms with E-state index in [1.54, 1.807) is 0 Å². The number of hydrogen-bond acceptors (Lipinski definition) is 3. The van der Waals surface area contributed by atoms with E-state index >= 15 is 0 Å². The molecule has 0 spiro atoms. The molecule has 0 aromatic rings. The van der Waals surface area contributed by atoms with Gasteiger partial charge in [0.25, 0.3) is 0 Å². The molecule has 5 nitrogen and oxygen atoms in total. The number of rotatable bonds is 6. The van der Waals surface area contributed by atoms with E-state index in [1.165, 1.54) is 0 Å². The van der Waals surface area contributed by atoms with E-state index in [2.05, 4.69) is 4.72 Å². The van der Waals surface area contributed by atoms with E-state index in [9.17, 15) is 13.2 Å². The van der Waals surface area contributed by atoms with Crippen molar-refractivity contribution in [1.82, 2.24) is 4.72 Å². The molecule has 0 aromatic heterocycles. The molecule has 0 heterocycles. The maximum Gasteiger partial charge on any atom is 0.222 e. The molecular formula is C10H20N2O3S. The lowest BCUT2D eigenvalue weighted by atomic mass is 10.0. The lowest BCUT2D eigenvalue weighted by Gasteiger charge is -2.18. The second-order valence-corrected chi connectivity index (χ2v) is 6.21. The highest BCUT2D eigenvalue weighted by Crippen LogP contribution is 2.25. The number of carbonyl (C=O) groups is 1. The van der Waals surface area contributed by atoms with Crippen molar-refractivity contribution >= 4 is 15.9 Å². The van der Waals surface area contributed by atoms with Crippen LogP contribution in [0.3, 0.4) is 0 Å². The van der Waals surface area contributed by atoms with Crippen molar-refractivity contribution < 1.29 is 13.2 Å². The lowest BCUT2D eigenvalue weighted by Crippen LogP contribution is -2.43. The van der Waals surface area contributed by atoms with Gasteiger partial charge in [-0.2, -0.15) is 0 Å². The van der Waals surface area contributed by atoms with Crippen LogP contribution in [0.15, 0.2) is 0 Å². The maximum absolute atomic E-state index is 11.7. The van der Waals surface area contributed by atoms with Gasteiger partial charge in [0, 0.05) is 6.04 Å². The van der Waals surface area contributed by atoms with Gasteiger partial charge < -0.3 is 5.73 Å². The zero-order chi connectivity index (χ0) is 12.2. The third-order valence-electron chi connectivity index (χ3n) is 2.98. The van der Waals surface area contributed by atoms with Crippen LogP contribution in [-0.4, -0.2) is 26.1 Å². The minimum Gasteiger partial charge on any atom is -0.369 e. The molecule has 0 aromatic carbocycles. The van der Waals surface area contributed by atoms with Crippen LogP contribution in [0.1, 0.15) is 39.0 Å². The summed E-state index contributed by atoms with van der Waals surface area (Å²) in [4.78, 5) is 11.1. The number of primary amides is 1. The number of hydrogen-bond donors (Lipinski definition) is 2. The molecule has 0 saturated heterocycles. The van der Waals surface area contributed by atoms with Crippen LogP contribution in [0.25, 0.3) is 0 Å². The van der Waals surface area contributed by atoms with Crippen LogP contribution in [0, 0.1) is 5.92 Å². The van der Waals surface area contributed by atoms with Crippen LogP contribution >= 0.6 is 0 Å². The van der Waals surface area contributed by atoms with Crippen LogP contribution in [0.4, 0.5) is 0 Å². The number of amides is 1. The topological polar surface area (TPSA) is 89.3 Å². The van der Waals surface area contributed by atoms with Crippen molar-refractivity contribution in [1.29, 1.82) is 0 Å². The largest absolute Gasteiger partial charge is 0.369 e. The first kappa shape index (κ1) is 13.4. The van der Waals surface area contributed by atoms with Crippen LogP contribution < -0.4 is 10.5 Å². The van der Waals surface area contributed by atoms with E-state index in [4.69, 9.17) is 5.73 Å². The summed E-state index contributed by atoms with van der Waals surface area (Å²) in [6.07, 6.45) is 3.73. The highest BCUT2D eigenvalue weighted by molar-refractivity contribution is 7.89. The summed E-state index contributed by atoms with van der Waals surface area (Å²) in [6, 6.07) is -0.292. The smallest absolute Gasteiger partial charge is 0.222 e. The molecule has 1 aliphatic carbocycles. The van der Waals surface area contributed by atoms with E-state index < -0.39 is 15.9 Å². The van der Waals surface area contributed by atoms with Crippen molar-refractivity contribution in [2.75, 3.05) is 5.75 Å². The summed E-state index contributed by atoms with van der Waals surface area (Å²) in [7, 11) is -3.25. The van der Waals surface area contributed by atoms with Crippen molar-refractivity contribution in [3.63, 3.8) is 0 Å². The Kier molecular flexibility index (Phi) is 4.73. The second kappa shape index (κ2) is 5.63. The van der Waals surface area contributed by atoms with E-state index in [1.807, 2.05) is 6.92 Å². The van der Waals surface area contributed by atoms with Gasteiger partial charge in [-0.15, -0.1) is 0 Å². The van der Waals surface area contributed by atoms with Crippen LogP contribution in [0.2, 0.25) is 0 Å².